The van der Waals surface area contributed by atoms with Gasteiger partial charge in [-0.2, -0.15) is 21.6 Å². The molecule has 0 spiro atoms. The predicted octanol–water partition coefficient (Wildman–Crippen LogP) is 3.16. The molecule has 160 valence electrons. The number of carbonyl (C=O) groups excluding carboxylic acids is 1. The second-order valence-electron chi connectivity index (χ2n) is 6.26. The Hall–Kier alpha value is -2.86. The Morgan fingerprint density at radius 2 is 1.63 bits per heavy atom. The second-order valence-corrected chi connectivity index (χ2v) is 9.61. The molecule has 0 aliphatic rings. The topological polar surface area (TPSA) is 99.5 Å². The number of carbonyl (C=O) groups is 1. The van der Waals surface area contributed by atoms with Gasteiger partial charge in [-0.1, -0.05) is 17.7 Å². The van der Waals surface area contributed by atoms with E-state index < -0.39 is 37.8 Å². The van der Waals surface area contributed by atoms with Crippen LogP contribution < -0.4 is 4.18 Å². The van der Waals surface area contributed by atoms with Crippen molar-refractivity contribution in [3.8, 4) is 5.75 Å². The lowest BCUT2D eigenvalue weighted by Gasteiger charge is -2.14. The number of halogens is 3. The molecule has 7 nitrogen and oxygen atoms in total. The number of aromatic nitrogens is 1. The standard InChI is InChI=1S/C18H14F3NO6S2/c1-12-2-4-13(5-3-12)29(24,25)22-10-8-14-15(9-11-23)17(7-6-16(14)22)28-30(26,27)18(19,20)21/h2-8,10-11H,9H2,1H3. The Kier molecular flexibility index (Phi) is 5.41. The molecule has 3 aromatic rings. The molecule has 0 aliphatic carbocycles. The van der Waals surface area contributed by atoms with E-state index in [0.29, 0.717) is 6.29 Å². The lowest BCUT2D eigenvalue weighted by atomic mass is 10.1. The lowest BCUT2D eigenvalue weighted by Crippen LogP contribution is -2.28. The van der Waals surface area contributed by atoms with E-state index in [1.165, 1.54) is 18.2 Å². The summed E-state index contributed by atoms with van der Waals surface area (Å²) in [5.74, 6) is -0.711. The molecule has 0 saturated heterocycles. The van der Waals surface area contributed by atoms with E-state index in [0.717, 1.165) is 27.9 Å². The first-order chi connectivity index (χ1) is 13.9. The van der Waals surface area contributed by atoms with Gasteiger partial charge in [-0.15, -0.1) is 0 Å². The molecule has 0 unspecified atom stereocenters. The zero-order chi connectivity index (χ0) is 22.3. The number of alkyl halides is 3. The number of hydrogen-bond acceptors (Lipinski definition) is 6. The minimum atomic E-state index is -5.97. The van der Waals surface area contributed by atoms with Crippen LogP contribution >= 0.6 is 0 Å². The summed E-state index contributed by atoms with van der Waals surface area (Å²) in [5, 5.41) is 0.0626. The van der Waals surface area contributed by atoms with Crippen LogP contribution in [-0.2, 0) is 31.4 Å². The van der Waals surface area contributed by atoms with Crippen molar-refractivity contribution in [1.82, 2.24) is 3.97 Å². The van der Waals surface area contributed by atoms with Crippen LogP contribution in [0.4, 0.5) is 13.2 Å². The normalized spacial score (nSPS) is 12.8. The molecule has 1 heterocycles. The summed E-state index contributed by atoms with van der Waals surface area (Å²) in [7, 11) is -10.0. The maximum absolute atomic E-state index is 13.0. The minimum Gasteiger partial charge on any atom is -0.376 e. The van der Waals surface area contributed by atoms with Crippen LogP contribution in [0, 0.1) is 6.92 Å². The first-order valence-electron chi connectivity index (χ1n) is 8.28. The quantitative estimate of drug-likeness (QED) is 0.318. The van der Waals surface area contributed by atoms with Crippen molar-refractivity contribution in [3.05, 3.63) is 59.8 Å². The SMILES string of the molecule is Cc1ccc(S(=O)(=O)n2ccc3c(CC=O)c(OS(=O)(=O)C(F)(F)F)ccc32)cc1. The van der Waals surface area contributed by atoms with Gasteiger partial charge < -0.3 is 8.98 Å². The molecule has 0 amide bonds. The van der Waals surface area contributed by atoms with Crippen LogP contribution in [0.1, 0.15) is 11.1 Å². The van der Waals surface area contributed by atoms with Gasteiger partial charge in [-0.05, 0) is 37.3 Å². The number of hydrogen-bond donors (Lipinski definition) is 0. The third kappa shape index (κ3) is 3.79. The molecule has 3 rings (SSSR count). The Bertz CT molecular complexity index is 1320. The molecular weight excluding hydrogens is 447 g/mol. The first-order valence-corrected chi connectivity index (χ1v) is 11.1. The van der Waals surface area contributed by atoms with E-state index in [-0.39, 0.29) is 21.4 Å². The Morgan fingerprint density at radius 3 is 2.20 bits per heavy atom. The molecule has 2 aromatic carbocycles. The molecule has 0 aliphatic heterocycles. The fraction of sp³-hybridized carbons (Fsp3) is 0.167. The van der Waals surface area contributed by atoms with Gasteiger partial charge in [0.2, 0.25) is 0 Å². The summed E-state index contributed by atoms with van der Waals surface area (Å²) < 4.78 is 91.7. The van der Waals surface area contributed by atoms with Gasteiger partial charge >= 0.3 is 15.6 Å². The van der Waals surface area contributed by atoms with Gasteiger partial charge in [0.25, 0.3) is 10.0 Å². The summed E-state index contributed by atoms with van der Waals surface area (Å²) >= 11 is 0. The van der Waals surface area contributed by atoms with E-state index >= 15 is 0 Å². The highest BCUT2D eigenvalue weighted by atomic mass is 32.2. The van der Waals surface area contributed by atoms with Crippen molar-refractivity contribution in [2.24, 2.45) is 0 Å². The monoisotopic (exact) mass is 461 g/mol. The molecule has 0 saturated carbocycles. The van der Waals surface area contributed by atoms with Crippen LogP contribution in [0.2, 0.25) is 0 Å². The lowest BCUT2D eigenvalue weighted by molar-refractivity contribution is -0.107. The molecule has 0 bridgehead atoms. The van der Waals surface area contributed by atoms with Gasteiger partial charge in [-0.25, -0.2) is 12.4 Å². The summed E-state index contributed by atoms with van der Waals surface area (Å²) in [4.78, 5) is 11.0. The number of aldehydes is 1. The zero-order valence-electron chi connectivity index (χ0n) is 15.3. The summed E-state index contributed by atoms with van der Waals surface area (Å²) in [5.41, 5.74) is -4.97. The van der Waals surface area contributed by atoms with Crippen molar-refractivity contribution in [1.29, 1.82) is 0 Å². The van der Waals surface area contributed by atoms with Crippen molar-refractivity contribution in [2.75, 3.05) is 0 Å². The third-order valence-corrected chi connectivity index (χ3v) is 6.92. The molecule has 0 fully saturated rings. The van der Waals surface area contributed by atoms with Crippen molar-refractivity contribution in [2.45, 2.75) is 23.7 Å². The summed E-state index contributed by atoms with van der Waals surface area (Å²) in [6.07, 6.45) is 1.01. The van der Waals surface area contributed by atoms with Crippen molar-refractivity contribution in [3.63, 3.8) is 0 Å². The first kappa shape index (κ1) is 21.8. The van der Waals surface area contributed by atoms with E-state index in [9.17, 15) is 34.8 Å². The number of benzene rings is 2. The fourth-order valence-electron chi connectivity index (χ4n) is 2.80. The largest absolute Gasteiger partial charge is 0.534 e. The minimum absolute atomic E-state index is 0.0255. The number of rotatable bonds is 6. The van der Waals surface area contributed by atoms with Gasteiger partial charge in [0.1, 0.15) is 12.0 Å². The Labute approximate surface area is 169 Å². The highest BCUT2D eigenvalue weighted by Gasteiger charge is 2.48. The number of aryl methyl sites for hydroxylation is 1. The molecular formula is C18H14F3NO6S2. The highest BCUT2D eigenvalue weighted by molar-refractivity contribution is 7.90. The zero-order valence-corrected chi connectivity index (χ0v) is 16.9. The van der Waals surface area contributed by atoms with Crippen molar-refractivity contribution >= 4 is 37.3 Å². The molecule has 0 radical (unpaired) electrons. The molecule has 1 aromatic heterocycles. The smallest absolute Gasteiger partial charge is 0.376 e. The van der Waals surface area contributed by atoms with Gasteiger partial charge in [0.15, 0.2) is 0 Å². The predicted molar refractivity (Wildman–Crippen MR) is 101 cm³/mol. The molecule has 0 N–H and O–H groups in total. The van der Waals surface area contributed by atoms with Gasteiger partial charge in [0.05, 0.1) is 10.4 Å². The molecule has 12 heteroatoms. The maximum Gasteiger partial charge on any atom is 0.534 e. The van der Waals surface area contributed by atoms with Crippen LogP contribution in [0.25, 0.3) is 10.9 Å². The second kappa shape index (κ2) is 7.43. The number of fused-ring (bicyclic) bond motifs is 1. The van der Waals surface area contributed by atoms with Gasteiger partial charge in [0, 0.05) is 23.6 Å². The fourth-order valence-corrected chi connectivity index (χ4v) is 4.64. The molecule has 0 atom stereocenters. The highest BCUT2D eigenvalue weighted by Crippen LogP contribution is 2.34. The Balaban J connectivity index is 2.18. The third-order valence-electron chi connectivity index (χ3n) is 4.25. The van der Waals surface area contributed by atoms with Crippen LogP contribution in [0.5, 0.6) is 5.75 Å². The average Bonchev–Trinajstić information content (AvgIpc) is 3.08. The van der Waals surface area contributed by atoms with Crippen molar-refractivity contribution < 1.29 is 39.0 Å². The van der Waals surface area contributed by atoms with E-state index in [1.54, 1.807) is 19.1 Å². The van der Waals surface area contributed by atoms with Crippen LogP contribution in [0.3, 0.4) is 0 Å². The maximum atomic E-state index is 13.0. The van der Waals surface area contributed by atoms with E-state index in [4.69, 9.17) is 0 Å². The Morgan fingerprint density at radius 1 is 1.00 bits per heavy atom. The van der Waals surface area contributed by atoms with E-state index in [2.05, 4.69) is 4.18 Å². The average molecular weight is 461 g/mol. The van der Waals surface area contributed by atoms with E-state index in [1.807, 2.05) is 0 Å². The molecule has 30 heavy (non-hydrogen) atoms. The van der Waals surface area contributed by atoms with Crippen LogP contribution in [0.15, 0.2) is 53.6 Å². The summed E-state index contributed by atoms with van der Waals surface area (Å²) in [6.45, 7) is 1.78. The number of nitrogens with zero attached hydrogens (tertiary/aromatic N) is 1. The van der Waals surface area contributed by atoms with Crippen LogP contribution in [-0.4, -0.2) is 32.6 Å². The van der Waals surface area contributed by atoms with Gasteiger partial charge in [-0.3, -0.25) is 0 Å². The summed E-state index contributed by atoms with van der Waals surface area (Å²) in [6, 6.07) is 9.25.